The van der Waals surface area contributed by atoms with Crippen LogP contribution in [-0.2, 0) is 21.2 Å². The van der Waals surface area contributed by atoms with Crippen molar-refractivity contribution in [2.24, 2.45) is 0 Å². The largest absolute Gasteiger partial charge is 0.482 e. The normalized spacial score (nSPS) is 18.0. The Kier molecular flexibility index (Phi) is 6.68. The topological polar surface area (TPSA) is 63.7 Å². The molecule has 1 amide bonds. The molecule has 0 N–H and O–H groups in total. The molecule has 1 fully saturated rings. The summed E-state index contributed by atoms with van der Waals surface area (Å²) in [5.41, 5.74) is 1.75. The number of ether oxygens (including phenoxy) is 1. The molecule has 0 spiro atoms. The standard InChI is InChI=1S/C20H21BrClNO4S/c1-14-9-16(21)10-18(22)20(14)27-12-19(24)23(11-15-5-3-2-4-6-15)17-7-8-28(25,26)13-17/h2-6,9-10,17H,7-8,11-13H2,1H3/t17-/m1/s1. The van der Waals surface area contributed by atoms with Gasteiger partial charge in [0.25, 0.3) is 5.91 Å². The molecule has 1 atom stereocenters. The van der Waals surface area contributed by atoms with E-state index in [0.717, 1.165) is 15.6 Å². The van der Waals surface area contributed by atoms with Gasteiger partial charge in [-0.15, -0.1) is 0 Å². The molecule has 0 unspecified atom stereocenters. The predicted molar refractivity (Wildman–Crippen MR) is 113 cm³/mol. The highest BCUT2D eigenvalue weighted by Crippen LogP contribution is 2.32. The van der Waals surface area contributed by atoms with Crippen LogP contribution in [0.3, 0.4) is 0 Å². The van der Waals surface area contributed by atoms with Gasteiger partial charge in [-0.3, -0.25) is 4.79 Å². The van der Waals surface area contributed by atoms with Crippen LogP contribution in [0.4, 0.5) is 0 Å². The molecule has 28 heavy (non-hydrogen) atoms. The van der Waals surface area contributed by atoms with Crippen molar-refractivity contribution in [3.05, 3.63) is 63.1 Å². The molecule has 0 aromatic heterocycles. The second-order valence-electron chi connectivity index (χ2n) is 6.89. The molecule has 2 aromatic rings. The van der Waals surface area contributed by atoms with Gasteiger partial charge >= 0.3 is 0 Å². The quantitative estimate of drug-likeness (QED) is 0.619. The summed E-state index contributed by atoms with van der Waals surface area (Å²) in [7, 11) is -3.11. The van der Waals surface area contributed by atoms with E-state index in [1.807, 2.05) is 43.3 Å². The molecule has 3 rings (SSSR count). The maximum Gasteiger partial charge on any atom is 0.261 e. The number of aryl methyl sites for hydroxylation is 1. The molecule has 0 saturated carbocycles. The van der Waals surface area contributed by atoms with E-state index in [9.17, 15) is 13.2 Å². The number of rotatable bonds is 6. The van der Waals surface area contributed by atoms with Crippen molar-refractivity contribution in [3.63, 3.8) is 0 Å². The number of sulfone groups is 1. The van der Waals surface area contributed by atoms with Gasteiger partial charge in [0.1, 0.15) is 5.75 Å². The first-order valence-electron chi connectivity index (χ1n) is 8.87. The van der Waals surface area contributed by atoms with Crippen LogP contribution in [0.1, 0.15) is 17.5 Å². The van der Waals surface area contributed by atoms with E-state index in [1.54, 1.807) is 11.0 Å². The molecular formula is C20H21BrClNO4S. The highest BCUT2D eigenvalue weighted by Gasteiger charge is 2.34. The Hall–Kier alpha value is -1.57. The van der Waals surface area contributed by atoms with Gasteiger partial charge in [-0.2, -0.15) is 0 Å². The molecule has 0 radical (unpaired) electrons. The number of hydrogen-bond acceptors (Lipinski definition) is 4. The third-order valence-electron chi connectivity index (χ3n) is 4.70. The van der Waals surface area contributed by atoms with Gasteiger partial charge in [-0.25, -0.2) is 8.42 Å². The van der Waals surface area contributed by atoms with Crippen LogP contribution < -0.4 is 4.74 Å². The fourth-order valence-electron chi connectivity index (χ4n) is 3.31. The Morgan fingerprint density at radius 3 is 2.61 bits per heavy atom. The summed E-state index contributed by atoms with van der Waals surface area (Å²) < 4.78 is 30.4. The third kappa shape index (κ3) is 5.27. The van der Waals surface area contributed by atoms with E-state index in [-0.39, 0.29) is 30.1 Å². The Balaban J connectivity index is 1.77. The van der Waals surface area contributed by atoms with Crippen molar-refractivity contribution in [1.82, 2.24) is 4.90 Å². The summed E-state index contributed by atoms with van der Waals surface area (Å²) in [5.74, 6) is 0.291. The lowest BCUT2D eigenvalue weighted by molar-refractivity contribution is -0.136. The monoisotopic (exact) mass is 485 g/mol. The maximum absolute atomic E-state index is 13.0. The average molecular weight is 487 g/mol. The molecule has 5 nitrogen and oxygen atoms in total. The van der Waals surface area contributed by atoms with Crippen molar-refractivity contribution < 1.29 is 17.9 Å². The average Bonchev–Trinajstić information content (AvgIpc) is 2.99. The van der Waals surface area contributed by atoms with E-state index in [4.69, 9.17) is 16.3 Å². The summed E-state index contributed by atoms with van der Waals surface area (Å²) in [5, 5.41) is 0.415. The van der Waals surface area contributed by atoms with Gasteiger partial charge in [-0.1, -0.05) is 57.9 Å². The number of carbonyl (C=O) groups is 1. The Morgan fingerprint density at radius 1 is 1.29 bits per heavy atom. The van der Waals surface area contributed by atoms with E-state index < -0.39 is 9.84 Å². The fourth-order valence-corrected chi connectivity index (χ4v) is 6.07. The van der Waals surface area contributed by atoms with Crippen LogP contribution in [0, 0.1) is 6.92 Å². The first-order valence-corrected chi connectivity index (χ1v) is 11.9. The molecule has 1 aliphatic rings. The maximum atomic E-state index is 13.0. The minimum atomic E-state index is -3.11. The van der Waals surface area contributed by atoms with E-state index in [1.165, 1.54) is 0 Å². The van der Waals surface area contributed by atoms with Crippen LogP contribution in [0.2, 0.25) is 5.02 Å². The Bertz CT molecular complexity index is 942. The third-order valence-corrected chi connectivity index (χ3v) is 7.19. The minimum absolute atomic E-state index is 0.0103. The smallest absolute Gasteiger partial charge is 0.261 e. The number of halogens is 2. The van der Waals surface area contributed by atoms with Crippen molar-refractivity contribution >= 4 is 43.3 Å². The van der Waals surface area contributed by atoms with E-state index >= 15 is 0 Å². The van der Waals surface area contributed by atoms with Crippen molar-refractivity contribution in [1.29, 1.82) is 0 Å². The first-order chi connectivity index (χ1) is 13.2. The summed E-state index contributed by atoms with van der Waals surface area (Å²) in [4.78, 5) is 14.6. The summed E-state index contributed by atoms with van der Waals surface area (Å²) in [6.07, 6.45) is 0.443. The molecule has 2 aromatic carbocycles. The highest BCUT2D eigenvalue weighted by atomic mass is 79.9. The molecule has 0 aliphatic carbocycles. The zero-order chi connectivity index (χ0) is 20.3. The van der Waals surface area contributed by atoms with Crippen LogP contribution in [-0.4, -0.2) is 43.4 Å². The van der Waals surface area contributed by atoms with E-state index in [2.05, 4.69) is 15.9 Å². The molecule has 1 heterocycles. The predicted octanol–water partition coefficient (Wildman–Crippen LogP) is 4.01. The zero-order valence-corrected chi connectivity index (χ0v) is 18.6. The van der Waals surface area contributed by atoms with Gasteiger partial charge in [0.05, 0.1) is 16.5 Å². The van der Waals surface area contributed by atoms with Crippen LogP contribution >= 0.6 is 27.5 Å². The Labute approximate surface area is 178 Å². The summed E-state index contributed by atoms with van der Waals surface area (Å²) in [6.45, 7) is 1.99. The lowest BCUT2D eigenvalue weighted by Gasteiger charge is -2.28. The van der Waals surface area contributed by atoms with Crippen molar-refractivity contribution in [3.8, 4) is 5.75 Å². The minimum Gasteiger partial charge on any atom is -0.482 e. The Morgan fingerprint density at radius 2 is 2.00 bits per heavy atom. The molecule has 8 heteroatoms. The lowest BCUT2D eigenvalue weighted by Crippen LogP contribution is -2.43. The van der Waals surface area contributed by atoms with Crippen LogP contribution in [0.5, 0.6) is 5.75 Å². The molecular weight excluding hydrogens is 466 g/mol. The fraction of sp³-hybridized carbons (Fsp3) is 0.350. The lowest BCUT2D eigenvalue weighted by atomic mass is 10.1. The van der Waals surface area contributed by atoms with Crippen LogP contribution in [0.25, 0.3) is 0 Å². The molecule has 0 bridgehead atoms. The second kappa shape index (κ2) is 8.84. The number of nitrogens with zero attached hydrogens (tertiary/aromatic N) is 1. The van der Waals surface area contributed by atoms with Crippen LogP contribution in [0.15, 0.2) is 46.9 Å². The van der Waals surface area contributed by atoms with E-state index in [0.29, 0.717) is 23.7 Å². The van der Waals surface area contributed by atoms with Gasteiger partial charge in [-0.05, 0) is 36.6 Å². The zero-order valence-electron chi connectivity index (χ0n) is 15.4. The SMILES string of the molecule is Cc1cc(Br)cc(Cl)c1OCC(=O)N(Cc1ccccc1)[C@@H]1CCS(=O)(=O)C1. The van der Waals surface area contributed by atoms with Gasteiger partial charge in [0.2, 0.25) is 0 Å². The number of amides is 1. The van der Waals surface area contributed by atoms with Gasteiger partial charge < -0.3 is 9.64 Å². The number of carbonyl (C=O) groups excluding carboxylic acids is 1. The first kappa shape index (κ1) is 21.1. The highest BCUT2D eigenvalue weighted by molar-refractivity contribution is 9.10. The number of hydrogen-bond donors (Lipinski definition) is 0. The van der Waals surface area contributed by atoms with Gasteiger partial charge in [0, 0.05) is 17.1 Å². The number of benzene rings is 2. The molecule has 1 saturated heterocycles. The summed E-state index contributed by atoms with van der Waals surface area (Å²) in [6, 6.07) is 12.7. The van der Waals surface area contributed by atoms with Gasteiger partial charge in [0.15, 0.2) is 16.4 Å². The van der Waals surface area contributed by atoms with Crippen molar-refractivity contribution in [2.45, 2.75) is 25.9 Å². The van der Waals surface area contributed by atoms with Crippen molar-refractivity contribution in [2.75, 3.05) is 18.1 Å². The molecule has 1 aliphatic heterocycles. The molecule has 150 valence electrons. The second-order valence-corrected chi connectivity index (χ2v) is 10.4. The summed E-state index contributed by atoms with van der Waals surface area (Å²) >= 11 is 9.60.